The molecule has 1 aliphatic rings. The van der Waals surface area contributed by atoms with Gasteiger partial charge in [-0.15, -0.1) is 0 Å². The SMILES string of the molecule is CCCNC1C(CN(C)CC(C)(C)C)CCCC1(C)C. The first-order chi connectivity index (χ1) is 9.15. The Labute approximate surface area is 127 Å². The van der Waals surface area contributed by atoms with Crippen LogP contribution in [0.15, 0.2) is 0 Å². The Hall–Kier alpha value is -0.0800. The Kier molecular flexibility index (Phi) is 6.53. The van der Waals surface area contributed by atoms with Gasteiger partial charge in [0, 0.05) is 19.1 Å². The summed E-state index contributed by atoms with van der Waals surface area (Å²) >= 11 is 0. The summed E-state index contributed by atoms with van der Waals surface area (Å²) in [5, 5.41) is 3.85. The molecule has 0 amide bonds. The third-order valence-corrected chi connectivity index (χ3v) is 4.61. The van der Waals surface area contributed by atoms with E-state index >= 15 is 0 Å². The van der Waals surface area contributed by atoms with Gasteiger partial charge in [0.25, 0.3) is 0 Å². The number of nitrogens with zero attached hydrogens (tertiary/aromatic N) is 1. The first-order valence-corrected chi connectivity index (χ1v) is 8.57. The van der Waals surface area contributed by atoms with Crippen LogP contribution in [0.4, 0.5) is 0 Å². The van der Waals surface area contributed by atoms with Gasteiger partial charge >= 0.3 is 0 Å². The van der Waals surface area contributed by atoms with Gasteiger partial charge in [-0.2, -0.15) is 0 Å². The molecule has 2 heteroatoms. The van der Waals surface area contributed by atoms with Crippen LogP contribution in [-0.4, -0.2) is 37.6 Å². The van der Waals surface area contributed by atoms with Crippen LogP contribution in [0.3, 0.4) is 0 Å². The zero-order valence-corrected chi connectivity index (χ0v) is 15.1. The van der Waals surface area contributed by atoms with Crippen molar-refractivity contribution in [3.05, 3.63) is 0 Å². The lowest BCUT2D eigenvalue weighted by Crippen LogP contribution is -2.53. The smallest absolute Gasteiger partial charge is 0.0159 e. The van der Waals surface area contributed by atoms with Crippen molar-refractivity contribution in [2.75, 3.05) is 26.7 Å². The molecule has 20 heavy (non-hydrogen) atoms. The minimum atomic E-state index is 0.394. The van der Waals surface area contributed by atoms with E-state index < -0.39 is 0 Å². The van der Waals surface area contributed by atoms with E-state index in [4.69, 9.17) is 0 Å². The summed E-state index contributed by atoms with van der Waals surface area (Å²) in [6.45, 7) is 17.8. The molecule has 0 saturated heterocycles. The highest BCUT2D eigenvalue weighted by Gasteiger charge is 2.38. The summed E-state index contributed by atoms with van der Waals surface area (Å²) in [6, 6.07) is 0.679. The van der Waals surface area contributed by atoms with Crippen molar-refractivity contribution in [2.45, 2.75) is 73.3 Å². The maximum absolute atomic E-state index is 3.85. The molecule has 0 heterocycles. The summed E-state index contributed by atoms with van der Waals surface area (Å²) in [5.74, 6) is 0.803. The molecule has 1 rings (SSSR count). The monoisotopic (exact) mass is 282 g/mol. The van der Waals surface area contributed by atoms with Crippen molar-refractivity contribution >= 4 is 0 Å². The Morgan fingerprint density at radius 2 is 1.90 bits per heavy atom. The van der Waals surface area contributed by atoms with Crippen LogP contribution in [-0.2, 0) is 0 Å². The molecule has 0 aromatic heterocycles. The predicted octanol–water partition coefficient (Wildman–Crippen LogP) is 4.16. The Morgan fingerprint density at radius 1 is 1.25 bits per heavy atom. The van der Waals surface area contributed by atoms with Crippen LogP contribution >= 0.6 is 0 Å². The van der Waals surface area contributed by atoms with E-state index in [0.717, 1.165) is 12.5 Å². The van der Waals surface area contributed by atoms with Gasteiger partial charge in [0.15, 0.2) is 0 Å². The Morgan fingerprint density at radius 3 is 2.45 bits per heavy atom. The number of hydrogen-bond acceptors (Lipinski definition) is 2. The van der Waals surface area contributed by atoms with Crippen molar-refractivity contribution in [1.29, 1.82) is 0 Å². The highest BCUT2D eigenvalue weighted by molar-refractivity contribution is 4.94. The summed E-state index contributed by atoms with van der Waals surface area (Å²) in [7, 11) is 2.30. The molecule has 0 spiro atoms. The molecule has 0 bridgehead atoms. The Bertz CT molecular complexity index is 278. The topological polar surface area (TPSA) is 15.3 Å². The van der Waals surface area contributed by atoms with E-state index in [1.54, 1.807) is 0 Å². The zero-order valence-electron chi connectivity index (χ0n) is 15.1. The zero-order chi connectivity index (χ0) is 15.4. The molecule has 1 aliphatic carbocycles. The lowest BCUT2D eigenvalue weighted by molar-refractivity contribution is 0.0771. The molecule has 2 nitrogen and oxygen atoms in total. The molecule has 0 aliphatic heterocycles. The van der Waals surface area contributed by atoms with Crippen molar-refractivity contribution in [1.82, 2.24) is 10.2 Å². The third-order valence-electron chi connectivity index (χ3n) is 4.61. The van der Waals surface area contributed by atoms with Gasteiger partial charge in [-0.05, 0) is 49.6 Å². The van der Waals surface area contributed by atoms with Crippen LogP contribution in [0.2, 0.25) is 0 Å². The molecule has 1 saturated carbocycles. The highest BCUT2D eigenvalue weighted by atomic mass is 15.1. The third kappa shape index (κ3) is 5.73. The molecule has 0 radical (unpaired) electrons. The summed E-state index contributed by atoms with van der Waals surface area (Å²) in [5.41, 5.74) is 0.839. The van der Waals surface area contributed by atoms with Crippen molar-refractivity contribution < 1.29 is 0 Å². The molecular formula is C18H38N2. The van der Waals surface area contributed by atoms with E-state index in [1.165, 1.54) is 38.8 Å². The van der Waals surface area contributed by atoms with Gasteiger partial charge in [-0.1, -0.05) is 48.0 Å². The van der Waals surface area contributed by atoms with Gasteiger partial charge in [-0.25, -0.2) is 0 Å². The van der Waals surface area contributed by atoms with Crippen LogP contribution in [0.1, 0.15) is 67.2 Å². The van der Waals surface area contributed by atoms with Gasteiger partial charge in [0.1, 0.15) is 0 Å². The van der Waals surface area contributed by atoms with E-state index in [2.05, 4.69) is 58.8 Å². The molecule has 0 aromatic rings. The number of hydrogen-bond donors (Lipinski definition) is 1. The van der Waals surface area contributed by atoms with E-state index in [0.29, 0.717) is 16.9 Å². The summed E-state index contributed by atoms with van der Waals surface area (Å²) in [6.07, 6.45) is 5.38. The van der Waals surface area contributed by atoms with Crippen LogP contribution in [0.5, 0.6) is 0 Å². The second-order valence-corrected chi connectivity index (χ2v) is 8.83. The fraction of sp³-hybridized carbons (Fsp3) is 1.00. The van der Waals surface area contributed by atoms with Crippen LogP contribution in [0, 0.1) is 16.7 Å². The maximum atomic E-state index is 3.85. The van der Waals surface area contributed by atoms with Crippen LogP contribution < -0.4 is 5.32 Å². The average molecular weight is 283 g/mol. The largest absolute Gasteiger partial charge is 0.313 e. The lowest BCUT2D eigenvalue weighted by Gasteiger charge is -2.46. The van der Waals surface area contributed by atoms with Crippen molar-refractivity contribution in [2.24, 2.45) is 16.7 Å². The maximum Gasteiger partial charge on any atom is 0.0159 e. The predicted molar refractivity (Wildman–Crippen MR) is 90.2 cm³/mol. The number of rotatable bonds is 6. The number of nitrogens with one attached hydrogen (secondary N) is 1. The second-order valence-electron chi connectivity index (χ2n) is 8.83. The minimum Gasteiger partial charge on any atom is -0.313 e. The Balaban J connectivity index is 2.64. The molecule has 1 fully saturated rings. The van der Waals surface area contributed by atoms with Gasteiger partial charge in [-0.3, -0.25) is 0 Å². The van der Waals surface area contributed by atoms with E-state index in [1.807, 2.05) is 0 Å². The summed E-state index contributed by atoms with van der Waals surface area (Å²) in [4.78, 5) is 2.55. The van der Waals surface area contributed by atoms with Gasteiger partial charge in [0.2, 0.25) is 0 Å². The quantitative estimate of drug-likeness (QED) is 0.787. The standard InChI is InChI=1S/C18H38N2/c1-8-12-19-16-15(10-9-11-18(16,5)6)13-20(7)14-17(2,3)4/h15-16,19H,8-14H2,1-7H3. The molecule has 2 atom stereocenters. The highest BCUT2D eigenvalue weighted by Crippen LogP contribution is 2.39. The second kappa shape index (κ2) is 7.26. The van der Waals surface area contributed by atoms with Crippen molar-refractivity contribution in [3.8, 4) is 0 Å². The average Bonchev–Trinajstić information content (AvgIpc) is 2.24. The first-order valence-electron chi connectivity index (χ1n) is 8.57. The van der Waals surface area contributed by atoms with Gasteiger partial charge < -0.3 is 10.2 Å². The van der Waals surface area contributed by atoms with Gasteiger partial charge in [0.05, 0.1) is 0 Å². The first kappa shape index (κ1) is 18.0. The van der Waals surface area contributed by atoms with Crippen LogP contribution in [0.25, 0.3) is 0 Å². The molecule has 1 N–H and O–H groups in total. The molecule has 0 aromatic carbocycles. The normalized spacial score (nSPS) is 27.0. The van der Waals surface area contributed by atoms with E-state index in [-0.39, 0.29) is 0 Å². The van der Waals surface area contributed by atoms with E-state index in [9.17, 15) is 0 Å². The van der Waals surface area contributed by atoms with Crippen molar-refractivity contribution in [3.63, 3.8) is 0 Å². The minimum absolute atomic E-state index is 0.394. The molecule has 2 unspecified atom stereocenters. The molecule has 120 valence electrons. The fourth-order valence-corrected chi connectivity index (χ4v) is 3.99. The summed E-state index contributed by atoms with van der Waals surface area (Å²) < 4.78 is 0. The lowest BCUT2D eigenvalue weighted by atomic mass is 9.67. The fourth-order valence-electron chi connectivity index (χ4n) is 3.99. The molecular weight excluding hydrogens is 244 g/mol.